The number of hydrogen-bond acceptors (Lipinski definition) is 4. The number of aryl methyl sites for hydroxylation is 1. The Bertz CT molecular complexity index is 832. The van der Waals surface area contributed by atoms with Gasteiger partial charge in [0, 0.05) is 13.0 Å². The number of anilines is 1. The number of benzene rings is 1. The fourth-order valence-corrected chi connectivity index (χ4v) is 3.20. The number of nitrogens with zero attached hydrogens (tertiary/aromatic N) is 3. The molecule has 3 rings (SSSR count). The Morgan fingerprint density at radius 2 is 2.19 bits per heavy atom. The molecule has 0 unspecified atom stereocenters. The summed E-state index contributed by atoms with van der Waals surface area (Å²) in [4.78, 5) is 11.9. The van der Waals surface area contributed by atoms with Crippen LogP contribution in [-0.2, 0) is 11.2 Å². The summed E-state index contributed by atoms with van der Waals surface area (Å²) < 4.78 is 1.60. The van der Waals surface area contributed by atoms with Gasteiger partial charge in [-0.25, -0.2) is 4.68 Å². The summed E-state index contributed by atoms with van der Waals surface area (Å²) in [5.74, 6) is 0.809. The molecule has 134 valence electrons. The number of para-hydroxylation sites is 1. The predicted octanol–water partition coefficient (Wildman–Crippen LogP) is 2.73. The number of carbonyl (C=O) groups excluding carboxylic acids is 1. The molecule has 0 radical (unpaired) electrons. The number of allylic oxidation sites excluding steroid dienone is 2. The fraction of sp³-hybridized carbons (Fsp3) is 0.350. The zero-order valence-electron chi connectivity index (χ0n) is 14.7. The Balaban J connectivity index is 1.55. The average molecular weight is 349 g/mol. The Kier molecular flexibility index (Phi) is 5.69. The van der Waals surface area contributed by atoms with Crippen LogP contribution >= 0.6 is 0 Å². The summed E-state index contributed by atoms with van der Waals surface area (Å²) in [6.07, 6.45) is 8.25. The van der Waals surface area contributed by atoms with E-state index in [4.69, 9.17) is 5.73 Å². The fourth-order valence-electron chi connectivity index (χ4n) is 3.20. The first-order valence-electron chi connectivity index (χ1n) is 8.95. The van der Waals surface area contributed by atoms with Crippen LogP contribution in [0.1, 0.15) is 36.9 Å². The van der Waals surface area contributed by atoms with Gasteiger partial charge < -0.3 is 11.1 Å². The lowest BCUT2D eigenvalue weighted by atomic mass is 10.1. The molecule has 1 atom stereocenters. The largest absolute Gasteiger partial charge is 0.382 e. The molecule has 0 spiro atoms. The van der Waals surface area contributed by atoms with Crippen molar-refractivity contribution < 1.29 is 4.79 Å². The molecule has 3 N–H and O–H groups in total. The topological polar surface area (TPSA) is 96.7 Å². The third kappa shape index (κ3) is 4.12. The van der Waals surface area contributed by atoms with Crippen molar-refractivity contribution in [3.63, 3.8) is 0 Å². The maximum absolute atomic E-state index is 11.9. The summed E-state index contributed by atoms with van der Waals surface area (Å²) in [5, 5.41) is 16.9. The molecule has 1 aromatic carbocycles. The lowest BCUT2D eigenvalue weighted by Gasteiger charge is -2.08. The summed E-state index contributed by atoms with van der Waals surface area (Å²) in [6, 6.07) is 11.7. The van der Waals surface area contributed by atoms with E-state index in [-0.39, 0.29) is 5.91 Å². The molecule has 0 aliphatic heterocycles. The highest BCUT2D eigenvalue weighted by atomic mass is 16.1. The smallest absolute Gasteiger partial charge is 0.220 e. The zero-order chi connectivity index (χ0) is 18.4. The van der Waals surface area contributed by atoms with Crippen molar-refractivity contribution >= 4 is 11.7 Å². The van der Waals surface area contributed by atoms with Crippen molar-refractivity contribution in [3.05, 3.63) is 53.7 Å². The van der Waals surface area contributed by atoms with E-state index in [0.29, 0.717) is 48.8 Å². The molecular weight excluding hydrogens is 326 g/mol. The number of aromatic nitrogens is 2. The second kappa shape index (κ2) is 8.34. The number of hydrogen-bond donors (Lipinski definition) is 2. The summed E-state index contributed by atoms with van der Waals surface area (Å²) in [6.45, 7) is 0.568. The van der Waals surface area contributed by atoms with Crippen molar-refractivity contribution in [3.8, 4) is 11.8 Å². The first-order valence-corrected chi connectivity index (χ1v) is 8.95. The third-order valence-corrected chi connectivity index (χ3v) is 4.58. The van der Waals surface area contributed by atoms with E-state index in [1.54, 1.807) is 4.68 Å². The van der Waals surface area contributed by atoms with Crippen LogP contribution < -0.4 is 11.1 Å². The van der Waals surface area contributed by atoms with E-state index in [9.17, 15) is 10.1 Å². The van der Waals surface area contributed by atoms with Gasteiger partial charge in [-0.3, -0.25) is 4.79 Å². The van der Waals surface area contributed by atoms with E-state index in [1.165, 1.54) is 0 Å². The highest BCUT2D eigenvalue weighted by molar-refractivity contribution is 5.76. The molecule has 0 saturated heterocycles. The van der Waals surface area contributed by atoms with Crippen molar-refractivity contribution in [2.75, 3.05) is 12.3 Å². The standard InChI is InChI=1S/C20H23N5O/c21-14-17-18(24-25(20(17)22)16-9-2-1-3-10-16)11-6-12-23-19(26)13-15-7-4-5-8-15/h1-4,7,9-10,15H,5-6,8,11-13,22H2,(H,23,26)/t15-/m0/s1. The van der Waals surface area contributed by atoms with Crippen molar-refractivity contribution in [1.82, 2.24) is 15.1 Å². The maximum atomic E-state index is 11.9. The average Bonchev–Trinajstić information content (AvgIpc) is 3.27. The minimum atomic E-state index is 0.0800. The van der Waals surface area contributed by atoms with Crippen molar-refractivity contribution in [1.29, 1.82) is 5.26 Å². The van der Waals surface area contributed by atoms with Crippen molar-refractivity contribution in [2.45, 2.75) is 32.1 Å². The van der Waals surface area contributed by atoms with Gasteiger partial charge in [-0.15, -0.1) is 0 Å². The number of amides is 1. The van der Waals surface area contributed by atoms with E-state index in [0.717, 1.165) is 18.5 Å². The number of nitriles is 1. The van der Waals surface area contributed by atoms with Crippen LogP contribution in [0.3, 0.4) is 0 Å². The Labute approximate surface area is 153 Å². The first-order chi connectivity index (χ1) is 12.7. The van der Waals surface area contributed by atoms with E-state index >= 15 is 0 Å². The molecule has 1 aliphatic rings. The number of carbonyl (C=O) groups is 1. The monoisotopic (exact) mass is 349 g/mol. The normalized spacial score (nSPS) is 15.7. The van der Waals surface area contributed by atoms with Gasteiger partial charge in [0.25, 0.3) is 0 Å². The minimum Gasteiger partial charge on any atom is -0.382 e. The molecule has 0 bridgehead atoms. The van der Waals surface area contributed by atoms with Crippen LogP contribution in [0.2, 0.25) is 0 Å². The Morgan fingerprint density at radius 3 is 2.88 bits per heavy atom. The van der Waals surface area contributed by atoms with Crippen LogP contribution in [0.15, 0.2) is 42.5 Å². The van der Waals surface area contributed by atoms with Gasteiger partial charge in [0.2, 0.25) is 5.91 Å². The number of nitrogens with one attached hydrogen (secondary N) is 1. The molecule has 2 aromatic rings. The van der Waals surface area contributed by atoms with Crippen LogP contribution in [-0.4, -0.2) is 22.2 Å². The lowest BCUT2D eigenvalue weighted by Crippen LogP contribution is -2.26. The van der Waals surface area contributed by atoms with Crippen LogP contribution in [0.5, 0.6) is 0 Å². The summed E-state index contributed by atoms with van der Waals surface area (Å²) >= 11 is 0. The molecule has 0 saturated carbocycles. The Hall–Kier alpha value is -3.07. The molecule has 1 heterocycles. The SMILES string of the molecule is N#Cc1c(CCCNC(=O)C[C@H]2C=CCC2)nn(-c2ccccc2)c1N. The molecule has 6 heteroatoms. The molecule has 1 aromatic heterocycles. The van der Waals surface area contributed by atoms with Crippen LogP contribution in [0.25, 0.3) is 5.69 Å². The van der Waals surface area contributed by atoms with Gasteiger partial charge in [-0.05, 0) is 43.7 Å². The lowest BCUT2D eigenvalue weighted by molar-refractivity contribution is -0.121. The molecule has 0 fully saturated rings. The highest BCUT2D eigenvalue weighted by Crippen LogP contribution is 2.22. The highest BCUT2D eigenvalue weighted by Gasteiger charge is 2.17. The van der Waals surface area contributed by atoms with Crippen LogP contribution in [0.4, 0.5) is 5.82 Å². The number of rotatable bonds is 7. The van der Waals surface area contributed by atoms with Crippen molar-refractivity contribution in [2.24, 2.45) is 5.92 Å². The summed E-state index contributed by atoms with van der Waals surface area (Å²) in [5.41, 5.74) is 8.00. The van der Waals surface area contributed by atoms with E-state index in [1.807, 2.05) is 30.3 Å². The van der Waals surface area contributed by atoms with Gasteiger partial charge in [-0.2, -0.15) is 10.4 Å². The van der Waals surface area contributed by atoms with E-state index in [2.05, 4.69) is 28.6 Å². The second-order valence-electron chi connectivity index (χ2n) is 6.49. The van der Waals surface area contributed by atoms with E-state index < -0.39 is 0 Å². The number of nitrogens with two attached hydrogens (primary N) is 1. The minimum absolute atomic E-state index is 0.0800. The second-order valence-corrected chi connectivity index (χ2v) is 6.49. The first kappa shape index (κ1) is 17.7. The molecular formula is C20H23N5O. The van der Waals surface area contributed by atoms with Gasteiger partial charge in [0.15, 0.2) is 0 Å². The predicted molar refractivity (Wildman–Crippen MR) is 101 cm³/mol. The van der Waals surface area contributed by atoms with Gasteiger partial charge >= 0.3 is 0 Å². The van der Waals surface area contributed by atoms with Gasteiger partial charge in [-0.1, -0.05) is 30.4 Å². The summed E-state index contributed by atoms with van der Waals surface area (Å²) in [7, 11) is 0. The molecule has 1 aliphatic carbocycles. The molecule has 26 heavy (non-hydrogen) atoms. The van der Waals surface area contributed by atoms with Crippen LogP contribution in [0, 0.1) is 17.2 Å². The molecule has 1 amide bonds. The number of nitrogen functional groups attached to an aromatic ring is 1. The molecule has 6 nitrogen and oxygen atoms in total. The third-order valence-electron chi connectivity index (χ3n) is 4.58. The quantitative estimate of drug-likeness (QED) is 0.593. The Morgan fingerprint density at radius 1 is 1.38 bits per heavy atom. The van der Waals surface area contributed by atoms with Gasteiger partial charge in [0.05, 0.1) is 11.4 Å². The zero-order valence-corrected chi connectivity index (χ0v) is 14.7. The maximum Gasteiger partial charge on any atom is 0.220 e. The van der Waals surface area contributed by atoms with Gasteiger partial charge in [0.1, 0.15) is 17.5 Å².